The molecule has 1 aromatic rings. The van der Waals surface area contributed by atoms with Crippen molar-refractivity contribution in [2.24, 2.45) is 0 Å². The monoisotopic (exact) mass is 279 g/mol. The largest absolute Gasteiger partial charge is 0.474 e. The van der Waals surface area contributed by atoms with Crippen LogP contribution in [0.4, 0.5) is 0 Å². The third kappa shape index (κ3) is 3.82. The van der Waals surface area contributed by atoms with Crippen LogP contribution in [0.15, 0.2) is 16.7 Å². The van der Waals surface area contributed by atoms with Gasteiger partial charge in [0.15, 0.2) is 0 Å². The maximum Gasteiger partial charge on any atom is 0.232 e. The highest BCUT2D eigenvalue weighted by Crippen LogP contribution is 2.25. The van der Waals surface area contributed by atoms with Crippen LogP contribution in [0.5, 0.6) is 5.88 Å². The molecule has 0 atom stereocenters. The van der Waals surface area contributed by atoms with E-state index in [0.29, 0.717) is 10.9 Å². The minimum atomic E-state index is -0.891. The molecule has 1 aromatic heterocycles. The predicted octanol–water partition coefficient (Wildman–Crippen LogP) is 2.65. The van der Waals surface area contributed by atoms with Crippen LogP contribution in [0.2, 0.25) is 5.02 Å². The molecule has 1 rings (SSSR count). The normalized spacial score (nSPS) is 11.5. The molecule has 0 fully saturated rings. The fourth-order valence-electron chi connectivity index (χ4n) is 0.753. The van der Waals surface area contributed by atoms with Gasteiger partial charge in [-0.1, -0.05) is 11.6 Å². The Balaban J connectivity index is 2.68. The van der Waals surface area contributed by atoms with Crippen molar-refractivity contribution in [1.29, 1.82) is 0 Å². The number of rotatable bonds is 3. The van der Waals surface area contributed by atoms with E-state index in [-0.39, 0.29) is 6.61 Å². The minimum Gasteiger partial charge on any atom is -0.474 e. The molecule has 0 aliphatic heterocycles. The third-order valence-electron chi connectivity index (χ3n) is 1.34. The molecule has 0 saturated carbocycles. The molecule has 1 N–H and O–H groups in total. The average molecular weight is 281 g/mol. The van der Waals surface area contributed by atoms with Crippen LogP contribution in [0.25, 0.3) is 0 Å². The highest BCUT2D eigenvalue weighted by molar-refractivity contribution is 9.10. The number of hydrogen-bond donors (Lipinski definition) is 1. The minimum absolute atomic E-state index is 0.154. The second kappa shape index (κ2) is 4.47. The third-order valence-corrected chi connectivity index (χ3v) is 2.04. The van der Waals surface area contributed by atoms with Gasteiger partial charge in [-0.05, 0) is 35.8 Å². The molecular weight excluding hydrogens is 269 g/mol. The fraction of sp³-hybridized carbons (Fsp3) is 0.444. The van der Waals surface area contributed by atoms with Crippen LogP contribution in [0.3, 0.4) is 0 Å². The molecule has 0 saturated heterocycles. The van der Waals surface area contributed by atoms with Crippen molar-refractivity contribution in [3.63, 3.8) is 0 Å². The summed E-state index contributed by atoms with van der Waals surface area (Å²) in [4.78, 5) is 3.97. The summed E-state index contributed by atoms with van der Waals surface area (Å²) in [5.41, 5.74) is -0.891. The molecule has 0 unspecified atom stereocenters. The van der Waals surface area contributed by atoms with E-state index in [2.05, 4.69) is 20.9 Å². The van der Waals surface area contributed by atoms with E-state index in [0.717, 1.165) is 4.47 Å². The Morgan fingerprint density at radius 1 is 1.64 bits per heavy atom. The molecule has 0 spiro atoms. The molecule has 3 nitrogen and oxygen atoms in total. The molecule has 1 heterocycles. The Kier molecular flexibility index (Phi) is 3.75. The molecule has 14 heavy (non-hydrogen) atoms. The Labute approximate surface area is 96.2 Å². The first-order valence-corrected chi connectivity index (χ1v) is 5.22. The Morgan fingerprint density at radius 2 is 2.29 bits per heavy atom. The van der Waals surface area contributed by atoms with E-state index < -0.39 is 5.60 Å². The number of ether oxygens (including phenoxy) is 1. The van der Waals surface area contributed by atoms with E-state index in [1.54, 1.807) is 26.1 Å². The van der Waals surface area contributed by atoms with Crippen molar-refractivity contribution in [1.82, 2.24) is 4.98 Å². The topological polar surface area (TPSA) is 42.4 Å². The molecule has 0 aliphatic rings. The first-order chi connectivity index (χ1) is 6.38. The lowest BCUT2D eigenvalue weighted by Crippen LogP contribution is -2.28. The van der Waals surface area contributed by atoms with Gasteiger partial charge in [0.05, 0.1) is 5.60 Å². The number of aromatic nitrogens is 1. The molecule has 0 radical (unpaired) electrons. The summed E-state index contributed by atoms with van der Waals surface area (Å²) in [5, 5.41) is 9.84. The summed E-state index contributed by atoms with van der Waals surface area (Å²) in [7, 11) is 0. The second-order valence-corrected chi connectivity index (χ2v) is 4.86. The van der Waals surface area contributed by atoms with Crippen molar-refractivity contribution < 1.29 is 9.84 Å². The summed E-state index contributed by atoms with van der Waals surface area (Å²) < 4.78 is 6.03. The van der Waals surface area contributed by atoms with Crippen LogP contribution >= 0.6 is 27.5 Å². The molecule has 0 amide bonds. The summed E-state index contributed by atoms with van der Waals surface area (Å²) in [6, 6.07) is 1.69. The van der Waals surface area contributed by atoms with E-state index in [4.69, 9.17) is 16.3 Å². The highest BCUT2D eigenvalue weighted by Gasteiger charge is 2.15. The number of hydrogen-bond acceptors (Lipinski definition) is 3. The second-order valence-electron chi connectivity index (χ2n) is 3.54. The van der Waals surface area contributed by atoms with Gasteiger partial charge in [-0.3, -0.25) is 0 Å². The molecule has 5 heteroatoms. The lowest BCUT2D eigenvalue weighted by atomic mass is 10.2. The number of aliphatic hydroxyl groups is 1. The van der Waals surface area contributed by atoms with Crippen molar-refractivity contribution in [3.8, 4) is 5.88 Å². The van der Waals surface area contributed by atoms with Crippen LogP contribution in [-0.4, -0.2) is 22.3 Å². The summed E-state index contributed by atoms with van der Waals surface area (Å²) in [6.07, 6.45) is 1.59. The van der Waals surface area contributed by atoms with Crippen molar-refractivity contribution >= 4 is 27.5 Å². The fourth-order valence-corrected chi connectivity index (χ4v) is 1.44. The molecule has 78 valence electrons. The zero-order chi connectivity index (χ0) is 10.8. The van der Waals surface area contributed by atoms with Gasteiger partial charge in [0.25, 0.3) is 0 Å². The van der Waals surface area contributed by atoms with Gasteiger partial charge in [-0.25, -0.2) is 4.98 Å². The van der Waals surface area contributed by atoms with Crippen molar-refractivity contribution in [2.75, 3.05) is 6.61 Å². The summed E-state index contributed by atoms with van der Waals surface area (Å²) in [5.74, 6) is 0.331. The van der Waals surface area contributed by atoms with Crippen LogP contribution in [0, 0.1) is 0 Å². The smallest absolute Gasteiger partial charge is 0.232 e. The van der Waals surface area contributed by atoms with Gasteiger partial charge in [-0.15, -0.1) is 0 Å². The predicted molar refractivity (Wildman–Crippen MR) is 58.7 cm³/mol. The van der Waals surface area contributed by atoms with E-state index in [1.807, 2.05) is 0 Å². The SMILES string of the molecule is CC(C)(O)COc1ncc(Br)cc1Cl. The highest BCUT2D eigenvalue weighted by atomic mass is 79.9. The average Bonchev–Trinajstić information content (AvgIpc) is 2.00. The number of halogens is 2. The lowest BCUT2D eigenvalue weighted by molar-refractivity contribution is 0.0269. The zero-order valence-corrected chi connectivity index (χ0v) is 10.3. The Morgan fingerprint density at radius 3 is 2.79 bits per heavy atom. The quantitative estimate of drug-likeness (QED) is 0.925. The summed E-state index contributed by atoms with van der Waals surface area (Å²) >= 11 is 9.09. The molecule has 0 bridgehead atoms. The lowest BCUT2D eigenvalue weighted by Gasteiger charge is -2.17. The van der Waals surface area contributed by atoms with E-state index in [9.17, 15) is 5.11 Å². The van der Waals surface area contributed by atoms with E-state index in [1.165, 1.54) is 0 Å². The number of nitrogens with zero attached hydrogens (tertiary/aromatic N) is 1. The molecule has 0 aromatic carbocycles. The molecule has 0 aliphatic carbocycles. The van der Waals surface area contributed by atoms with Crippen LogP contribution in [0.1, 0.15) is 13.8 Å². The standard InChI is InChI=1S/C9H11BrClNO2/c1-9(2,13)5-14-8-7(11)3-6(10)4-12-8/h3-4,13H,5H2,1-2H3. The van der Waals surface area contributed by atoms with Crippen molar-refractivity contribution in [2.45, 2.75) is 19.4 Å². The van der Waals surface area contributed by atoms with Gasteiger partial charge in [-0.2, -0.15) is 0 Å². The zero-order valence-electron chi connectivity index (χ0n) is 7.92. The van der Waals surface area contributed by atoms with Crippen LogP contribution < -0.4 is 4.74 Å². The maximum absolute atomic E-state index is 9.42. The van der Waals surface area contributed by atoms with Gasteiger partial charge in [0.1, 0.15) is 11.6 Å². The van der Waals surface area contributed by atoms with Gasteiger partial charge in [0, 0.05) is 10.7 Å². The number of pyridine rings is 1. The first kappa shape index (κ1) is 11.8. The van der Waals surface area contributed by atoms with Crippen molar-refractivity contribution in [3.05, 3.63) is 21.8 Å². The Hall–Kier alpha value is -0.320. The maximum atomic E-state index is 9.42. The Bertz CT molecular complexity index is 325. The van der Waals surface area contributed by atoms with Gasteiger partial charge in [0.2, 0.25) is 5.88 Å². The van der Waals surface area contributed by atoms with E-state index >= 15 is 0 Å². The van der Waals surface area contributed by atoms with Gasteiger partial charge < -0.3 is 9.84 Å². The van der Waals surface area contributed by atoms with Crippen LogP contribution in [-0.2, 0) is 0 Å². The van der Waals surface area contributed by atoms with Gasteiger partial charge >= 0.3 is 0 Å². The molecular formula is C9H11BrClNO2. The summed E-state index contributed by atoms with van der Waals surface area (Å²) in [6.45, 7) is 3.46. The first-order valence-electron chi connectivity index (χ1n) is 4.05.